The molecule has 0 spiro atoms. The second-order valence-corrected chi connectivity index (χ2v) is 9.63. The van der Waals surface area contributed by atoms with Gasteiger partial charge in [-0.15, -0.1) is 0 Å². The quantitative estimate of drug-likeness (QED) is 0.632. The highest BCUT2D eigenvalue weighted by molar-refractivity contribution is 4.96. The summed E-state index contributed by atoms with van der Waals surface area (Å²) in [4.78, 5) is 0. The molecule has 3 aliphatic carbocycles. The average molecular weight is 320 g/mol. The van der Waals surface area contributed by atoms with E-state index in [1.165, 1.54) is 57.8 Å². The zero-order valence-corrected chi connectivity index (χ0v) is 16.1. The Morgan fingerprint density at radius 3 is 2.26 bits per heavy atom. The molecule has 0 aromatic rings. The van der Waals surface area contributed by atoms with Crippen LogP contribution in [-0.4, -0.2) is 6.04 Å². The molecule has 0 bridgehead atoms. The Bertz CT molecular complexity index is 378. The Morgan fingerprint density at radius 2 is 1.52 bits per heavy atom. The molecule has 1 heteroatoms. The minimum absolute atomic E-state index is 0.501. The number of fused-ring (bicyclic) bond motifs is 1. The summed E-state index contributed by atoms with van der Waals surface area (Å²) in [6.07, 6.45) is 12.8. The molecule has 8 unspecified atom stereocenters. The van der Waals surface area contributed by atoms with Crippen molar-refractivity contribution in [1.82, 2.24) is 0 Å². The van der Waals surface area contributed by atoms with E-state index >= 15 is 0 Å². The van der Waals surface area contributed by atoms with Crippen LogP contribution in [-0.2, 0) is 0 Å². The average Bonchev–Trinajstić information content (AvgIpc) is 2.65. The first-order chi connectivity index (χ1) is 11.0. The van der Waals surface area contributed by atoms with E-state index in [0.29, 0.717) is 6.04 Å². The smallest absolute Gasteiger partial charge is 0.00416 e. The zero-order chi connectivity index (χ0) is 16.6. The van der Waals surface area contributed by atoms with Gasteiger partial charge in [0.15, 0.2) is 0 Å². The van der Waals surface area contributed by atoms with E-state index in [9.17, 15) is 0 Å². The Morgan fingerprint density at radius 1 is 0.826 bits per heavy atom. The molecule has 134 valence electrons. The summed E-state index contributed by atoms with van der Waals surface area (Å²) in [5.74, 6) is 7.71. The van der Waals surface area contributed by atoms with Crippen LogP contribution in [0, 0.1) is 47.3 Å². The summed E-state index contributed by atoms with van der Waals surface area (Å²) >= 11 is 0. The first-order valence-corrected chi connectivity index (χ1v) is 10.8. The lowest BCUT2D eigenvalue weighted by molar-refractivity contribution is -0.0157. The van der Waals surface area contributed by atoms with Crippen molar-refractivity contribution in [3.63, 3.8) is 0 Å². The van der Waals surface area contributed by atoms with Crippen LogP contribution in [0.15, 0.2) is 0 Å². The van der Waals surface area contributed by atoms with Gasteiger partial charge in [-0.2, -0.15) is 0 Å². The minimum atomic E-state index is 0.501. The fraction of sp³-hybridized carbons (Fsp3) is 1.00. The number of rotatable bonds is 2. The third kappa shape index (κ3) is 3.51. The predicted octanol–water partition coefficient (Wildman–Crippen LogP) is 5.87. The molecule has 0 saturated heterocycles. The molecule has 0 aromatic heterocycles. The molecule has 3 saturated carbocycles. The van der Waals surface area contributed by atoms with Crippen molar-refractivity contribution in [2.45, 2.75) is 91.5 Å². The Labute approximate surface area is 145 Å². The Hall–Kier alpha value is -0.0400. The van der Waals surface area contributed by atoms with E-state index in [4.69, 9.17) is 5.73 Å². The SMILES string of the molecule is CCC1C2CC[C@@H](N)CC2CCC1C1C(C)CCCC(C)C1C. The maximum Gasteiger partial charge on any atom is 0.00416 e. The molecule has 23 heavy (non-hydrogen) atoms. The summed E-state index contributed by atoms with van der Waals surface area (Å²) in [5, 5.41) is 0. The van der Waals surface area contributed by atoms with Crippen molar-refractivity contribution in [3.05, 3.63) is 0 Å². The van der Waals surface area contributed by atoms with E-state index in [1.54, 1.807) is 0 Å². The lowest BCUT2D eigenvalue weighted by Crippen LogP contribution is -2.46. The van der Waals surface area contributed by atoms with Gasteiger partial charge < -0.3 is 5.73 Å². The first kappa shape index (κ1) is 17.8. The number of hydrogen-bond acceptors (Lipinski definition) is 1. The summed E-state index contributed by atoms with van der Waals surface area (Å²) in [5.41, 5.74) is 6.29. The van der Waals surface area contributed by atoms with Crippen LogP contribution < -0.4 is 5.73 Å². The van der Waals surface area contributed by atoms with Crippen molar-refractivity contribution in [2.24, 2.45) is 53.1 Å². The predicted molar refractivity (Wildman–Crippen MR) is 100 cm³/mol. The molecule has 3 fully saturated rings. The van der Waals surface area contributed by atoms with Crippen LogP contribution >= 0.6 is 0 Å². The topological polar surface area (TPSA) is 26.0 Å². The lowest BCUT2D eigenvalue weighted by atomic mass is 9.54. The lowest BCUT2D eigenvalue weighted by Gasteiger charge is -2.51. The number of nitrogens with two attached hydrogens (primary N) is 1. The van der Waals surface area contributed by atoms with E-state index in [2.05, 4.69) is 27.7 Å². The van der Waals surface area contributed by atoms with Gasteiger partial charge in [0.1, 0.15) is 0 Å². The van der Waals surface area contributed by atoms with Crippen molar-refractivity contribution in [3.8, 4) is 0 Å². The van der Waals surface area contributed by atoms with Crippen LogP contribution in [0.3, 0.4) is 0 Å². The van der Waals surface area contributed by atoms with Gasteiger partial charge in [-0.1, -0.05) is 53.4 Å². The molecule has 3 rings (SSSR count). The summed E-state index contributed by atoms with van der Waals surface area (Å²) in [6.45, 7) is 10.2. The van der Waals surface area contributed by atoms with Gasteiger partial charge in [0.25, 0.3) is 0 Å². The summed E-state index contributed by atoms with van der Waals surface area (Å²) in [7, 11) is 0. The summed E-state index contributed by atoms with van der Waals surface area (Å²) < 4.78 is 0. The monoisotopic (exact) mass is 319 g/mol. The molecular formula is C22H41N. The van der Waals surface area contributed by atoms with Gasteiger partial charge in [-0.3, -0.25) is 0 Å². The maximum absolute atomic E-state index is 6.29. The van der Waals surface area contributed by atoms with Crippen molar-refractivity contribution < 1.29 is 0 Å². The standard InChI is InChI=1S/C22H41N/c1-5-19-20-12-10-18(23)13-17(20)9-11-21(19)22-15(3)8-6-7-14(2)16(22)4/h14-22H,5-13,23H2,1-4H3/t14?,15?,16?,17?,18-,19?,20?,21?,22?/m1/s1. The van der Waals surface area contributed by atoms with Gasteiger partial charge >= 0.3 is 0 Å². The number of hydrogen-bond donors (Lipinski definition) is 1. The minimum Gasteiger partial charge on any atom is -0.328 e. The highest BCUT2D eigenvalue weighted by Gasteiger charge is 2.46. The van der Waals surface area contributed by atoms with Gasteiger partial charge in [-0.05, 0) is 79.4 Å². The Balaban J connectivity index is 1.80. The highest BCUT2D eigenvalue weighted by Crippen LogP contribution is 2.54. The molecule has 1 nitrogen and oxygen atoms in total. The van der Waals surface area contributed by atoms with Crippen LogP contribution in [0.2, 0.25) is 0 Å². The van der Waals surface area contributed by atoms with E-state index in [-0.39, 0.29) is 0 Å². The largest absolute Gasteiger partial charge is 0.328 e. The second-order valence-electron chi connectivity index (χ2n) is 9.63. The second kappa shape index (κ2) is 7.46. The molecule has 9 atom stereocenters. The first-order valence-electron chi connectivity index (χ1n) is 10.8. The molecule has 0 aliphatic heterocycles. The zero-order valence-electron chi connectivity index (χ0n) is 16.1. The molecule has 0 amide bonds. The highest BCUT2D eigenvalue weighted by atomic mass is 14.7. The van der Waals surface area contributed by atoms with Crippen molar-refractivity contribution >= 4 is 0 Å². The van der Waals surface area contributed by atoms with Crippen LogP contribution in [0.1, 0.15) is 85.5 Å². The molecule has 3 aliphatic rings. The molecule has 0 radical (unpaired) electrons. The molecule has 2 N–H and O–H groups in total. The molecule has 0 aromatic carbocycles. The third-order valence-corrected chi connectivity index (χ3v) is 8.50. The van der Waals surface area contributed by atoms with Gasteiger partial charge in [0.2, 0.25) is 0 Å². The summed E-state index contributed by atoms with van der Waals surface area (Å²) in [6, 6.07) is 0.501. The van der Waals surface area contributed by atoms with E-state index in [0.717, 1.165) is 47.3 Å². The molecule has 0 heterocycles. The normalized spacial score (nSPS) is 51.8. The van der Waals surface area contributed by atoms with E-state index < -0.39 is 0 Å². The van der Waals surface area contributed by atoms with Gasteiger partial charge in [-0.25, -0.2) is 0 Å². The van der Waals surface area contributed by atoms with Gasteiger partial charge in [0.05, 0.1) is 0 Å². The fourth-order valence-corrected chi connectivity index (χ4v) is 7.17. The van der Waals surface area contributed by atoms with E-state index in [1.807, 2.05) is 0 Å². The molecular weight excluding hydrogens is 278 g/mol. The van der Waals surface area contributed by atoms with Gasteiger partial charge in [0, 0.05) is 6.04 Å². The van der Waals surface area contributed by atoms with Crippen LogP contribution in [0.5, 0.6) is 0 Å². The maximum atomic E-state index is 6.29. The van der Waals surface area contributed by atoms with Crippen molar-refractivity contribution in [1.29, 1.82) is 0 Å². The fourth-order valence-electron chi connectivity index (χ4n) is 7.17. The van der Waals surface area contributed by atoms with Crippen LogP contribution in [0.4, 0.5) is 0 Å². The van der Waals surface area contributed by atoms with Crippen molar-refractivity contribution in [2.75, 3.05) is 0 Å². The Kier molecular flexibility index (Phi) is 5.76. The van der Waals surface area contributed by atoms with Crippen LogP contribution in [0.25, 0.3) is 0 Å². The third-order valence-electron chi connectivity index (χ3n) is 8.50.